The molecule has 0 heteroatoms. The highest BCUT2D eigenvalue weighted by Gasteiger charge is 2.36. The van der Waals surface area contributed by atoms with Crippen LogP contribution in [0.25, 0.3) is 10.8 Å². The first-order valence-corrected chi connectivity index (χ1v) is 7.78. The number of benzene rings is 3. The standard InChI is InChI=1S/C21H19/c1-3-16-20-11-7-6-9-17(20)14(2)18-13-12-15-8-4-5-10-19(15)21(16)18/h4-14H,3H2,1-2H3/q+1. The Hall–Kier alpha value is -2.21. The van der Waals surface area contributed by atoms with E-state index in [0.29, 0.717) is 5.92 Å². The Balaban J connectivity index is 2.08. The van der Waals surface area contributed by atoms with Gasteiger partial charge in [0.2, 0.25) is 0 Å². The number of hydrogen-bond donors (Lipinski definition) is 0. The highest BCUT2D eigenvalue weighted by molar-refractivity contribution is 5.91. The van der Waals surface area contributed by atoms with E-state index >= 15 is 0 Å². The second-order valence-electron chi connectivity index (χ2n) is 5.89. The number of hydrogen-bond acceptors (Lipinski definition) is 0. The van der Waals surface area contributed by atoms with Crippen LogP contribution in [0.15, 0.2) is 60.7 Å². The minimum atomic E-state index is 0.469. The van der Waals surface area contributed by atoms with Gasteiger partial charge in [0.25, 0.3) is 0 Å². The molecule has 1 atom stereocenters. The first kappa shape index (κ1) is 12.5. The van der Waals surface area contributed by atoms with Crippen molar-refractivity contribution in [3.63, 3.8) is 0 Å². The first-order valence-electron chi connectivity index (χ1n) is 7.78. The molecule has 0 bridgehead atoms. The minimum Gasteiger partial charge on any atom is -0.0602 e. The third-order valence-corrected chi connectivity index (χ3v) is 4.84. The van der Waals surface area contributed by atoms with Crippen LogP contribution in [0, 0.1) is 5.92 Å². The lowest BCUT2D eigenvalue weighted by Crippen LogP contribution is -2.17. The molecule has 0 amide bonds. The van der Waals surface area contributed by atoms with Gasteiger partial charge in [-0.05, 0) is 55.8 Å². The van der Waals surface area contributed by atoms with Crippen LogP contribution < -0.4 is 0 Å². The maximum absolute atomic E-state index is 2.33. The van der Waals surface area contributed by atoms with Gasteiger partial charge in [-0.1, -0.05) is 19.1 Å². The maximum atomic E-state index is 2.33. The minimum absolute atomic E-state index is 0.469. The molecule has 0 aromatic heterocycles. The zero-order valence-electron chi connectivity index (χ0n) is 12.6. The maximum Gasteiger partial charge on any atom is 0.0880 e. The quantitative estimate of drug-likeness (QED) is 0.499. The molecule has 102 valence electrons. The Morgan fingerprint density at radius 2 is 1.62 bits per heavy atom. The van der Waals surface area contributed by atoms with E-state index in [9.17, 15) is 0 Å². The van der Waals surface area contributed by atoms with Gasteiger partial charge in [0, 0.05) is 28.5 Å². The lowest BCUT2D eigenvalue weighted by atomic mass is 9.71. The first-order chi connectivity index (χ1) is 10.3. The van der Waals surface area contributed by atoms with Gasteiger partial charge in [-0.25, -0.2) is 0 Å². The molecule has 3 aromatic rings. The van der Waals surface area contributed by atoms with E-state index in [0.717, 1.165) is 6.42 Å². The largest absolute Gasteiger partial charge is 0.0880 e. The van der Waals surface area contributed by atoms with Crippen LogP contribution in [-0.4, -0.2) is 0 Å². The van der Waals surface area contributed by atoms with Crippen molar-refractivity contribution in [1.82, 2.24) is 0 Å². The van der Waals surface area contributed by atoms with Gasteiger partial charge in [0.1, 0.15) is 0 Å². The summed E-state index contributed by atoms with van der Waals surface area (Å²) < 4.78 is 0. The van der Waals surface area contributed by atoms with Crippen molar-refractivity contribution in [2.45, 2.75) is 26.2 Å². The summed E-state index contributed by atoms with van der Waals surface area (Å²) in [6, 6.07) is 22.3. The van der Waals surface area contributed by atoms with E-state index in [2.05, 4.69) is 74.5 Å². The highest BCUT2D eigenvalue weighted by Crippen LogP contribution is 2.46. The zero-order chi connectivity index (χ0) is 14.4. The molecule has 0 spiro atoms. The van der Waals surface area contributed by atoms with Crippen LogP contribution >= 0.6 is 0 Å². The molecule has 0 fully saturated rings. The molecule has 0 N–H and O–H groups in total. The molecule has 1 aliphatic carbocycles. The molecule has 0 nitrogen and oxygen atoms in total. The van der Waals surface area contributed by atoms with Crippen LogP contribution in [0.5, 0.6) is 0 Å². The van der Waals surface area contributed by atoms with Crippen molar-refractivity contribution in [3.05, 3.63) is 88.8 Å². The molecule has 0 heterocycles. The average Bonchev–Trinajstić information content (AvgIpc) is 2.55. The molecule has 0 radical (unpaired) electrons. The lowest BCUT2D eigenvalue weighted by molar-refractivity contribution is 0.833. The second-order valence-corrected chi connectivity index (χ2v) is 5.89. The fourth-order valence-electron chi connectivity index (χ4n) is 3.80. The average molecular weight is 271 g/mol. The van der Waals surface area contributed by atoms with Crippen molar-refractivity contribution >= 4 is 10.8 Å². The summed E-state index contributed by atoms with van der Waals surface area (Å²) in [4.78, 5) is 0. The lowest BCUT2D eigenvalue weighted by Gasteiger charge is -2.26. The summed E-state index contributed by atoms with van der Waals surface area (Å²) in [5, 5.41) is 2.74. The second kappa shape index (κ2) is 4.66. The molecule has 1 unspecified atom stereocenters. The molecular weight excluding hydrogens is 252 g/mol. The third-order valence-electron chi connectivity index (χ3n) is 4.84. The van der Waals surface area contributed by atoms with E-state index in [1.807, 2.05) is 0 Å². The number of fused-ring (bicyclic) bond motifs is 4. The van der Waals surface area contributed by atoms with Crippen molar-refractivity contribution in [2.24, 2.45) is 0 Å². The smallest absolute Gasteiger partial charge is 0.0602 e. The molecule has 3 aromatic carbocycles. The van der Waals surface area contributed by atoms with Crippen molar-refractivity contribution in [2.75, 3.05) is 0 Å². The van der Waals surface area contributed by atoms with Gasteiger partial charge in [0.05, 0.1) is 22.4 Å². The molecular formula is C21H19+. The van der Waals surface area contributed by atoms with E-state index < -0.39 is 0 Å². The Bertz CT molecular complexity index is 813. The number of rotatable bonds is 1. The topological polar surface area (TPSA) is 0 Å². The summed E-state index contributed by atoms with van der Waals surface area (Å²) in [5.41, 5.74) is 5.86. The summed E-state index contributed by atoms with van der Waals surface area (Å²) in [5.74, 6) is 1.96. The summed E-state index contributed by atoms with van der Waals surface area (Å²) in [7, 11) is 0. The predicted molar refractivity (Wildman–Crippen MR) is 89.6 cm³/mol. The van der Waals surface area contributed by atoms with Crippen molar-refractivity contribution in [1.29, 1.82) is 0 Å². The van der Waals surface area contributed by atoms with Gasteiger partial charge >= 0.3 is 0 Å². The summed E-state index contributed by atoms with van der Waals surface area (Å²) in [6.07, 6.45) is 1.07. The van der Waals surface area contributed by atoms with Crippen LogP contribution in [0.1, 0.15) is 48.4 Å². The molecule has 0 saturated carbocycles. The van der Waals surface area contributed by atoms with Crippen molar-refractivity contribution < 1.29 is 0 Å². The molecule has 0 saturated heterocycles. The van der Waals surface area contributed by atoms with Gasteiger partial charge < -0.3 is 0 Å². The Morgan fingerprint density at radius 3 is 2.48 bits per heavy atom. The fraction of sp³-hybridized carbons (Fsp3) is 0.190. The third kappa shape index (κ3) is 1.72. The normalized spacial score (nSPS) is 16.7. The summed E-state index contributed by atoms with van der Waals surface area (Å²) in [6.45, 7) is 4.60. The Labute approximate surface area is 126 Å². The predicted octanol–water partition coefficient (Wildman–Crippen LogP) is 5.69. The van der Waals surface area contributed by atoms with Crippen LogP contribution in [0.3, 0.4) is 0 Å². The highest BCUT2D eigenvalue weighted by atomic mass is 14.3. The van der Waals surface area contributed by atoms with Gasteiger partial charge in [-0.3, -0.25) is 0 Å². The van der Waals surface area contributed by atoms with E-state index in [1.54, 1.807) is 0 Å². The fourth-order valence-corrected chi connectivity index (χ4v) is 3.80. The molecule has 0 aliphatic heterocycles. The monoisotopic (exact) mass is 271 g/mol. The van der Waals surface area contributed by atoms with Crippen LogP contribution in [0.2, 0.25) is 0 Å². The Kier molecular flexibility index (Phi) is 2.78. The zero-order valence-corrected chi connectivity index (χ0v) is 12.6. The van der Waals surface area contributed by atoms with Crippen molar-refractivity contribution in [3.8, 4) is 0 Å². The van der Waals surface area contributed by atoms with Crippen LogP contribution in [0.4, 0.5) is 0 Å². The van der Waals surface area contributed by atoms with E-state index in [4.69, 9.17) is 0 Å². The van der Waals surface area contributed by atoms with Gasteiger partial charge in [0.15, 0.2) is 0 Å². The Morgan fingerprint density at radius 1 is 0.857 bits per heavy atom. The van der Waals surface area contributed by atoms with E-state index in [-0.39, 0.29) is 0 Å². The SMILES string of the molecule is CC[C+]1c2ccccc2C(C)c2ccc3ccccc3c21. The molecule has 4 rings (SSSR count). The van der Waals surface area contributed by atoms with Gasteiger partial charge in [-0.15, -0.1) is 0 Å². The molecule has 1 aliphatic rings. The molecule has 21 heavy (non-hydrogen) atoms. The summed E-state index contributed by atoms with van der Waals surface area (Å²) >= 11 is 0. The van der Waals surface area contributed by atoms with Crippen LogP contribution in [-0.2, 0) is 0 Å². The van der Waals surface area contributed by atoms with E-state index in [1.165, 1.54) is 38.9 Å². The van der Waals surface area contributed by atoms with Gasteiger partial charge in [-0.2, -0.15) is 0 Å².